The highest BCUT2D eigenvalue weighted by Gasteiger charge is 2.16. The Morgan fingerprint density at radius 1 is 1.22 bits per heavy atom. The maximum Gasteiger partial charge on any atom is 0.0955 e. The van der Waals surface area contributed by atoms with Gasteiger partial charge >= 0.3 is 0 Å². The normalized spacial score (nSPS) is 13.4. The Kier molecular flexibility index (Phi) is 5.74. The molecule has 0 spiro atoms. The van der Waals surface area contributed by atoms with Gasteiger partial charge in [-0.05, 0) is 24.6 Å². The lowest BCUT2D eigenvalue weighted by molar-refractivity contribution is 0.0771. The van der Waals surface area contributed by atoms with E-state index in [4.69, 9.17) is 4.74 Å². The van der Waals surface area contributed by atoms with Crippen molar-refractivity contribution in [3.05, 3.63) is 29.8 Å². The predicted molar refractivity (Wildman–Crippen MR) is 77.8 cm³/mol. The van der Waals surface area contributed by atoms with Crippen molar-refractivity contribution in [1.29, 1.82) is 0 Å². The van der Waals surface area contributed by atoms with Gasteiger partial charge in [0.05, 0.1) is 6.10 Å². The van der Waals surface area contributed by atoms with Crippen molar-refractivity contribution < 1.29 is 4.74 Å². The highest BCUT2D eigenvalue weighted by Crippen LogP contribution is 2.26. The van der Waals surface area contributed by atoms with Gasteiger partial charge in [0.25, 0.3) is 0 Å². The summed E-state index contributed by atoms with van der Waals surface area (Å²) in [5, 5.41) is 0. The number of hydrogen-bond donors (Lipinski definition) is 0. The first-order valence-electron chi connectivity index (χ1n) is 6.38. The van der Waals surface area contributed by atoms with Crippen LogP contribution in [0.1, 0.15) is 31.9 Å². The van der Waals surface area contributed by atoms with Gasteiger partial charge < -0.3 is 9.64 Å². The van der Waals surface area contributed by atoms with E-state index in [0.717, 1.165) is 6.42 Å². The summed E-state index contributed by atoms with van der Waals surface area (Å²) in [5.74, 6) is 6.57. The maximum absolute atomic E-state index is 5.58. The molecule has 18 heavy (non-hydrogen) atoms. The highest BCUT2D eigenvalue weighted by molar-refractivity contribution is 5.46. The van der Waals surface area contributed by atoms with Crippen LogP contribution in [0.25, 0.3) is 0 Å². The third kappa shape index (κ3) is 3.78. The number of hydrogen-bond acceptors (Lipinski definition) is 2. The minimum atomic E-state index is 0.0419. The van der Waals surface area contributed by atoms with Crippen LogP contribution in [0.4, 0.5) is 5.69 Å². The predicted octanol–water partition coefficient (Wildman–Crippen LogP) is 3.49. The van der Waals surface area contributed by atoms with Crippen LogP contribution in [0.2, 0.25) is 0 Å². The van der Waals surface area contributed by atoms with E-state index in [9.17, 15) is 0 Å². The van der Waals surface area contributed by atoms with E-state index >= 15 is 0 Å². The van der Waals surface area contributed by atoms with Crippen LogP contribution in [0.3, 0.4) is 0 Å². The van der Waals surface area contributed by atoms with Crippen molar-refractivity contribution in [3.63, 3.8) is 0 Å². The molecule has 0 aromatic heterocycles. The molecule has 0 N–H and O–H groups in total. The van der Waals surface area contributed by atoms with Crippen LogP contribution < -0.4 is 4.90 Å². The topological polar surface area (TPSA) is 12.5 Å². The summed E-state index contributed by atoms with van der Waals surface area (Å²) in [6, 6.07) is 8.46. The Balaban J connectivity index is 2.88. The summed E-state index contributed by atoms with van der Waals surface area (Å²) in [6.45, 7) is 4.17. The molecular weight excluding hydrogens is 222 g/mol. The van der Waals surface area contributed by atoms with E-state index in [1.165, 1.54) is 11.3 Å². The zero-order chi connectivity index (χ0) is 13.5. The first kappa shape index (κ1) is 14.6. The molecule has 98 valence electrons. The summed E-state index contributed by atoms with van der Waals surface area (Å²) in [5.41, 5.74) is 2.38. The fourth-order valence-electron chi connectivity index (χ4n) is 1.93. The van der Waals surface area contributed by atoms with Crippen LogP contribution in [0, 0.1) is 17.8 Å². The quantitative estimate of drug-likeness (QED) is 0.753. The van der Waals surface area contributed by atoms with Crippen molar-refractivity contribution in [2.75, 3.05) is 26.1 Å². The summed E-state index contributed by atoms with van der Waals surface area (Å²) in [4.78, 5) is 2.09. The van der Waals surface area contributed by atoms with Crippen LogP contribution >= 0.6 is 0 Å². The Labute approximate surface area is 111 Å². The molecule has 0 fully saturated rings. The molecule has 1 aromatic rings. The zero-order valence-corrected chi connectivity index (χ0v) is 12.0. The lowest BCUT2D eigenvalue weighted by atomic mass is 9.97. The molecule has 0 saturated heterocycles. The second kappa shape index (κ2) is 7.08. The largest absolute Gasteiger partial charge is 0.378 e. The molecule has 0 bridgehead atoms. The van der Waals surface area contributed by atoms with Gasteiger partial charge in [-0.2, -0.15) is 0 Å². The summed E-state index contributed by atoms with van der Waals surface area (Å²) >= 11 is 0. The number of methoxy groups -OCH3 is 1. The fraction of sp³-hybridized carbons (Fsp3) is 0.500. The molecule has 1 unspecified atom stereocenters. The number of ether oxygens (including phenoxy) is 1. The maximum atomic E-state index is 5.58. The Bertz CT molecular complexity index is 411. The third-order valence-electron chi connectivity index (χ3n) is 2.95. The standard InChI is InChI=1S/C16H23NO/c1-6-7-8-13(2)16(18-5)14-9-11-15(12-10-14)17(3)4/h9-13,16H,6H2,1-5H3/t13?,16-/m1/s1. The Morgan fingerprint density at radius 3 is 2.28 bits per heavy atom. The second-order valence-corrected chi connectivity index (χ2v) is 4.61. The SMILES string of the molecule is CCC#CC(C)[C@@H](OC)c1ccc(N(C)C)cc1. The molecule has 0 aliphatic carbocycles. The van der Waals surface area contributed by atoms with Gasteiger partial charge in [-0.1, -0.05) is 25.0 Å². The molecule has 0 heterocycles. The van der Waals surface area contributed by atoms with Gasteiger partial charge in [-0.3, -0.25) is 0 Å². The van der Waals surface area contributed by atoms with Gasteiger partial charge in [0, 0.05) is 39.2 Å². The molecule has 2 nitrogen and oxygen atoms in total. The minimum absolute atomic E-state index is 0.0419. The average Bonchev–Trinajstić information content (AvgIpc) is 2.37. The van der Waals surface area contributed by atoms with Gasteiger partial charge in [0.2, 0.25) is 0 Å². The fourth-order valence-corrected chi connectivity index (χ4v) is 1.93. The lowest BCUT2D eigenvalue weighted by Gasteiger charge is -2.20. The molecule has 0 amide bonds. The summed E-state index contributed by atoms with van der Waals surface area (Å²) < 4.78 is 5.58. The number of nitrogens with zero attached hydrogens (tertiary/aromatic N) is 1. The minimum Gasteiger partial charge on any atom is -0.378 e. The molecule has 0 aliphatic rings. The van der Waals surface area contributed by atoms with E-state index in [1.54, 1.807) is 7.11 Å². The molecule has 1 rings (SSSR count). The van der Waals surface area contributed by atoms with Crippen molar-refractivity contribution in [1.82, 2.24) is 0 Å². The van der Waals surface area contributed by atoms with Crippen LogP contribution in [0.15, 0.2) is 24.3 Å². The van der Waals surface area contributed by atoms with Crippen LogP contribution in [0.5, 0.6) is 0 Å². The number of rotatable bonds is 4. The van der Waals surface area contributed by atoms with E-state index < -0.39 is 0 Å². The molecular formula is C16H23NO. The van der Waals surface area contributed by atoms with E-state index in [2.05, 4.69) is 54.9 Å². The van der Waals surface area contributed by atoms with E-state index in [1.807, 2.05) is 14.1 Å². The molecule has 0 saturated carbocycles. The monoisotopic (exact) mass is 245 g/mol. The zero-order valence-electron chi connectivity index (χ0n) is 12.0. The second-order valence-electron chi connectivity index (χ2n) is 4.61. The smallest absolute Gasteiger partial charge is 0.0955 e. The van der Waals surface area contributed by atoms with Gasteiger partial charge in [0.1, 0.15) is 0 Å². The Hall–Kier alpha value is -1.46. The van der Waals surface area contributed by atoms with Crippen LogP contribution in [-0.4, -0.2) is 21.2 Å². The number of anilines is 1. The van der Waals surface area contributed by atoms with Crippen LogP contribution in [-0.2, 0) is 4.74 Å². The molecule has 2 heteroatoms. The van der Waals surface area contributed by atoms with Gasteiger partial charge in [0.15, 0.2) is 0 Å². The molecule has 0 aliphatic heterocycles. The third-order valence-corrected chi connectivity index (χ3v) is 2.95. The van der Waals surface area contributed by atoms with Crippen molar-refractivity contribution in [2.24, 2.45) is 5.92 Å². The lowest BCUT2D eigenvalue weighted by Crippen LogP contribution is -2.12. The van der Waals surface area contributed by atoms with Gasteiger partial charge in [-0.15, -0.1) is 5.92 Å². The average molecular weight is 245 g/mol. The first-order chi connectivity index (χ1) is 8.60. The summed E-state index contributed by atoms with van der Waals surface area (Å²) in [6.07, 6.45) is 0.931. The Morgan fingerprint density at radius 2 is 1.83 bits per heavy atom. The summed E-state index contributed by atoms with van der Waals surface area (Å²) in [7, 11) is 5.82. The molecule has 1 aromatic carbocycles. The first-order valence-corrected chi connectivity index (χ1v) is 6.38. The molecule has 0 radical (unpaired) electrons. The number of benzene rings is 1. The highest BCUT2D eigenvalue weighted by atomic mass is 16.5. The molecule has 2 atom stereocenters. The van der Waals surface area contributed by atoms with Crippen molar-refractivity contribution in [2.45, 2.75) is 26.4 Å². The van der Waals surface area contributed by atoms with Crippen molar-refractivity contribution in [3.8, 4) is 11.8 Å². The van der Waals surface area contributed by atoms with E-state index in [0.29, 0.717) is 0 Å². The van der Waals surface area contributed by atoms with E-state index in [-0.39, 0.29) is 12.0 Å². The van der Waals surface area contributed by atoms with Gasteiger partial charge in [-0.25, -0.2) is 0 Å². The van der Waals surface area contributed by atoms with Crippen molar-refractivity contribution >= 4 is 5.69 Å².